The SMILES string of the molecule is CS(=O)(=O)c1ccc(C[n+]2ccncc2)cc1.Fc1c(F)c(F)c([B-](c2c(F)c(F)c(F)c(F)c2F)(c2c(F)c(F)c(F)c(F)c2F)c2c(F)c(F)c(F)c(F)c2F)c(F)c1F. The van der Waals surface area contributed by atoms with Gasteiger partial charge in [-0.05, 0) is 12.1 Å². The number of nitrogens with zero attached hydrogens (tertiary/aromatic N) is 2. The molecule has 26 heteroatoms. The second kappa shape index (κ2) is 16.9. The van der Waals surface area contributed by atoms with Crippen molar-refractivity contribution in [3.63, 3.8) is 0 Å². The number of rotatable bonds is 7. The minimum Gasteiger partial charge on any atom is -0.252 e. The van der Waals surface area contributed by atoms with Gasteiger partial charge in [0.1, 0.15) is 52.7 Å². The number of sulfone groups is 1. The van der Waals surface area contributed by atoms with Crippen LogP contribution >= 0.6 is 0 Å². The van der Waals surface area contributed by atoms with Gasteiger partial charge in [-0.25, -0.2) is 96.2 Å². The molecule has 0 fully saturated rings. The van der Waals surface area contributed by atoms with Gasteiger partial charge in [0, 0.05) is 11.8 Å². The minimum absolute atomic E-state index is 0.348. The highest BCUT2D eigenvalue weighted by Crippen LogP contribution is 2.30. The van der Waals surface area contributed by atoms with Gasteiger partial charge in [0.25, 0.3) is 0 Å². The van der Waals surface area contributed by atoms with Gasteiger partial charge in [-0.15, -0.1) is 21.9 Å². The van der Waals surface area contributed by atoms with Crippen LogP contribution in [0, 0.1) is 116 Å². The summed E-state index contributed by atoms with van der Waals surface area (Å²) in [6.45, 7) is 0.701. The largest absolute Gasteiger partial charge is 0.252 e. The van der Waals surface area contributed by atoms with Gasteiger partial charge in [-0.3, -0.25) is 4.98 Å². The molecule has 1 aromatic heterocycles. The van der Waals surface area contributed by atoms with E-state index in [-0.39, 0.29) is 0 Å². The lowest BCUT2D eigenvalue weighted by Crippen LogP contribution is -2.81. The van der Waals surface area contributed by atoms with Crippen molar-refractivity contribution in [1.29, 1.82) is 0 Å². The van der Waals surface area contributed by atoms with E-state index in [0.717, 1.165) is 5.56 Å². The molecule has 6 rings (SSSR count). The van der Waals surface area contributed by atoms with Crippen LogP contribution in [-0.2, 0) is 16.4 Å². The molecule has 0 saturated carbocycles. The summed E-state index contributed by atoms with van der Waals surface area (Å²) in [6.07, 6.45) is 1.15. The van der Waals surface area contributed by atoms with Crippen LogP contribution < -0.4 is 26.4 Å². The molecule has 1 heterocycles. The Kier molecular flexibility index (Phi) is 12.8. The van der Waals surface area contributed by atoms with Crippen LogP contribution in [0.4, 0.5) is 87.8 Å². The Bertz CT molecular complexity index is 2520. The van der Waals surface area contributed by atoms with E-state index in [4.69, 9.17) is 0 Å². The zero-order valence-corrected chi connectivity index (χ0v) is 30.4. The Morgan fingerprint density at radius 3 is 0.855 bits per heavy atom. The third-order valence-corrected chi connectivity index (χ3v) is 10.2. The summed E-state index contributed by atoms with van der Waals surface area (Å²) >= 11 is 0. The van der Waals surface area contributed by atoms with E-state index in [2.05, 4.69) is 4.98 Å². The molecule has 0 bridgehead atoms. The quantitative estimate of drug-likeness (QED) is 0.0592. The summed E-state index contributed by atoms with van der Waals surface area (Å²) in [5, 5.41) is 0. The Hall–Kier alpha value is -6.21. The van der Waals surface area contributed by atoms with E-state index in [1.54, 1.807) is 24.5 Å². The van der Waals surface area contributed by atoms with Crippen molar-refractivity contribution in [3.05, 3.63) is 171 Å². The van der Waals surface area contributed by atoms with Gasteiger partial charge >= 0.3 is 0 Å². The molecular formula is C36H13BF20N2O2S. The van der Waals surface area contributed by atoms with E-state index in [1.165, 1.54) is 6.26 Å². The Balaban J connectivity index is 0.000000355. The first-order chi connectivity index (χ1) is 28.8. The lowest BCUT2D eigenvalue weighted by Gasteiger charge is -2.44. The fourth-order valence-electron chi connectivity index (χ4n) is 6.38. The maximum Gasteiger partial charge on any atom is 0.200 e. The van der Waals surface area contributed by atoms with Crippen LogP contribution in [0.25, 0.3) is 0 Å². The van der Waals surface area contributed by atoms with Crippen molar-refractivity contribution >= 4 is 37.8 Å². The lowest BCUT2D eigenvalue weighted by atomic mass is 9.12. The molecule has 0 radical (unpaired) electrons. The number of aromatic nitrogens is 2. The smallest absolute Gasteiger partial charge is 0.200 e. The number of benzene rings is 5. The van der Waals surface area contributed by atoms with Gasteiger partial charge in [0.2, 0.25) is 0 Å². The van der Waals surface area contributed by atoms with Crippen molar-refractivity contribution in [2.75, 3.05) is 6.26 Å². The molecule has 0 amide bonds. The predicted octanol–water partition coefficient (Wildman–Crippen LogP) is 6.67. The number of hydrogen-bond acceptors (Lipinski definition) is 3. The summed E-state index contributed by atoms with van der Waals surface area (Å²) in [5.41, 5.74) is -13.3. The first kappa shape index (κ1) is 46.9. The van der Waals surface area contributed by atoms with Gasteiger partial charge in [0.15, 0.2) is 98.6 Å². The van der Waals surface area contributed by atoms with Crippen LogP contribution in [0.15, 0.2) is 53.9 Å². The summed E-state index contributed by atoms with van der Waals surface area (Å²) in [5.74, 6) is -71.4. The summed E-state index contributed by atoms with van der Waals surface area (Å²) in [4.78, 5) is 4.28. The van der Waals surface area contributed by atoms with E-state index in [0.29, 0.717) is 11.4 Å². The van der Waals surface area contributed by atoms with E-state index in [1.807, 2.05) is 29.1 Å². The molecule has 0 aliphatic heterocycles. The average molecular weight is 928 g/mol. The Morgan fingerprint density at radius 2 is 0.629 bits per heavy atom. The first-order valence-corrected chi connectivity index (χ1v) is 18.0. The maximum absolute atomic E-state index is 15.4. The predicted molar refractivity (Wildman–Crippen MR) is 172 cm³/mol. The van der Waals surface area contributed by atoms with Crippen LogP contribution in [-0.4, -0.2) is 25.8 Å². The van der Waals surface area contributed by atoms with Gasteiger partial charge in [-0.2, -0.15) is 4.57 Å². The molecule has 328 valence electrons. The number of halogens is 20. The van der Waals surface area contributed by atoms with Gasteiger partial charge < -0.3 is 0 Å². The minimum atomic E-state index is -7.22. The highest BCUT2D eigenvalue weighted by Gasteiger charge is 2.52. The highest BCUT2D eigenvalue weighted by atomic mass is 32.2. The molecule has 0 N–H and O–H groups in total. The van der Waals surface area contributed by atoms with Crippen molar-refractivity contribution in [2.24, 2.45) is 0 Å². The molecule has 0 unspecified atom stereocenters. The zero-order chi connectivity index (χ0) is 46.7. The molecule has 0 spiro atoms. The normalized spacial score (nSPS) is 11.8. The van der Waals surface area contributed by atoms with Crippen molar-refractivity contribution < 1.29 is 101 Å². The maximum atomic E-state index is 15.4. The second-order valence-electron chi connectivity index (χ2n) is 12.6. The van der Waals surface area contributed by atoms with E-state index < -0.39 is 154 Å². The van der Waals surface area contributed by atoms with Gasteiger partial charge in [-0.1, -0.05) is 12.1 Å². The van der Waals surface area contributed by atoms with E-state index >= 15 is 35.1 Å². The fraction of sp³-hybridized carbons (Fsp3) is 0.0556. The second-order valence-corrected chi connectivity index (χ2v) is 14.6. The molecule has 6 aromatic rings. The molecule has 62 heavy (non-hydrogen) atoms. The monoisotopic (exact) mass is 928 g/mol. The Morgan fingerprint density at radius 1 is 0.403 bits per heavy atom. The highest BCUT2D eigenvalue weighted by molar-refractivity contribution is 7.90. The van der Waals surface area contributed by atoms with Crippen molar-refractivity contribution in [1.82, 2.24) is 4.98 Å². The lowest BCUT2D eigenvalue weighted by molar-refractivity contribution is -0.688. The summed E-state index contributed by atoms with van der Waals surface area (Å²) < 4.78 is 319. The Labute approximate surface area is 332 Å². The van der Waals surface area contributed by atoms with Crippen LogP contribution in [0.3, 0.4) is 0 Å². The molecule has 0 aliphatic carbocycles. The fourth-order valence-corrected chi connectivity index (χ4v) is 7.01. The van der Waals surface area contributed by atoms with Crippen molar-refractivity contribution in [2.45, 2.75) is 11.4 Å². The summed E-state index contributed by atoms with van der Waals surface area (Å²) in [6, 6.07) is 6.91. The zero-order valence-electron chi connectivity index (χ0n) is 29.6. The average Bonchev–Trinajstić information content (AvgIpc) is 3.24. The molecule has 4 nitrogen and oxygen atoms in total. The van der Waals surface area contributed by atoms with Crippen LogP contribution in [0.2, 0.25) is 0 Å². The first-order valence-electron chi connectivity index (χ1n) is 16.1. The topological polar surface area (TPSA) is 50.9 Å². The molecular weight excluding hydrogens is 915 g/mol. The molecule has 0 saturated heterocycles. The molecule has 0 atom stereocenters. The van der Waals surface area contributed by atoms with Crippen LogP contribution in [0.1, 0.15) is 5.56 Å². The summed E-state index contributed by atoms with van der Waals surface area (Å²) in [7, 11) is -3.11. The third kappa shape index (κ3) is 7.46. The molecule has 0 aliphatic rings. The number of hydrogen-bond donors (Lipinski definition) is 0. The van der Waals surface area contributed by atoms with E-state index in [9.17, 15) is 61.1 Å². The standard InChI is InChI=1S/C24BF20.C12H13N2O2S/c26-5-1(6(27)14(35)21(42)13(5)34)25(2-7(28)15(36)22(43)16(37)8(2)29,3-9(30)17(38)23(44)18(39)10(3)31)4-11(32)19(40)24(45)20(41)12(4)33;1-17(15,16)12-4-2-11(3-5-12)10-14-8-6-13-7-9-14/h;2-9H,10H2,1H3/q-1;+1. The molecule has 5 aromatic carbocycles. The third-order valence-electron chi connectivity index (χ3n) is 9.11. The van der Waals surface area contributed by atoms with Crippen LogP contribution in [0.5, 0.6) is 0 Å². The van der Waals surface area contributed by atoms with Gasteiger partial charge in [0.05, 0.1) is 17.3 Å². The van der Waals surface area contributed by atoms with Crippen molar-refractivity contribution in [3.8, 4) is 0 Å².